The summed E-state index contributed by atoms with van der Waals surface area (Å²) >= 11 is 0. The minimum absolute atomic E-state index is 0.108. The molecule has 2 N–H and O–H groups in total. The molecule has 0 bridgehead atoms. The Kier molecular flexibility index (Phi) is 2.51. The summed E-state index contributed by atoms with van der Waals surface area (Å²) in [6.45, 7) is 0. The number of anilines is 1. The van der Waals surface area contributed by atoms with E-state index in [4.69, 9.17) is 5.73 Å². The summed E-state index contributed by atoms with van der Waals surface area (Å²) in [6, 6.07) is 5.38. The minimum Gasteiger partial charge on any atom is -0.385 e. The van der Waals surface area contributed by atoms with E-state index in [0.29, 0.717) is 23.7 Å². The number of aromatic nitrogens is 3. The Morgan fingerprint density at radius 1 is 1.33 bits per heavy atom. The van der Waals surface area contributed by atoms with Crippen LogP contribution in [0.25, 0.3) is 5.65 Å². The van der Waals surface area contributed by atoms with E-state index in [1.165, 1.54) is 0 Å². The fraction of sp³-hybridized carbons (Fsp3) is 0.455. The van der Waals surface area contributed by atoms with Crippen molar-refractivity contribution in [2.45, 2.75) is 18.8 Å². The number of nitrogen functional groups attached to an aromatic ring is 1. The molecule has 96 valence electrons. The number of hydrogen-bond donors (Lipinski definition) is 1. The van der Waals surface area contributed by atoms with Crippen LogP contribution in [0.5, 0.6) is 0 Å². The van der Waals surface area contributed by atoms with E-state index in [9.17, 15) is 8.42 Å². The molecular weight excluding hydrogens is 252 g/mol. The maximum atomic E-state index is 11.7. The van der Waals surface area contributed by atoms with Gasteiger partial charge in [0.25, 0.3) is 0 Å². The van der Waals surface area contributed by atoms with Crippen molar-refractivity contribution in [2.75, 3.05) is 17.2 Å². The fourth-order valence-electron chi connectivity index (χ4n) is 2.48. The van der Waals surface area contributed by atoms with Gasteiger partial charge in [0, 0.05) is 5.92 Å². The first-order valence-electron chi connectivity index (χ1n) is 5.87. The van der Waals surface area contributed by atoms with Gasteiger partial charge in [0.2, 0.25) is 0 Å². The summed E-state index contributed by atoms with van der Waals surface area (Å²) in [5.74, 6) is 1.50. The Hall–Kier alpha value is -1.63. The van der Waals surface area contributed by atoms with Crippen LogP contribution in [0.4, 0.5) is 5.82 Å². The van der Waals surface area contributed by atoms with Gasteiger partial charge in [0.1, 0.15) is 11.6 Å². The van der Waals surface area contributed by atoms with Crippen LogP contribution in [0.3, 0.4) is 0 Å². The van der Waals surface area contributed by atoms with Crippen molar-refractivity contribution < 1.29 is 8.42 Å². The highest BCUT2D eigenvalue weighted by atomic mass is 32.2. The molecule has 0 amide bonds. The van der Waals surface area contributed by atoms with Crippen molar-refractivity contribution in [1.29, 1.82) is 0 Å². The Morgan fingerprint density at radius 3 is 2.94 bits per heavy atom. The van der Waals surface area contributed by atoms with Crippen LogP contribution in [0, 0.1) is 0 Å². The largest absolute Gasteiger partial charge is 0.385 e. The second-order valence-corrected chi connectivity index (χ2v) is 6.88. The highest BCUT2D eigenvalue weighted by Crippen LogP contribution is 2.28. The van der Waals surface area contributed by atoms with E-state index >= 15 is 0 Å². The van der Waals surface area contributed by atoms with E-state index < -0.39 is 9.84 Å². The molecule has 1 unspecified atom stereocenters. The van der Waals surface area contributed by atoms with E-state index in [1.54, 1.807) is 16.5 Å². The molecule has 0 radical (unpaired) electrons. The first-order valence-corrected chi connectivity index (χ1v) is 7.69. The summed E-state index contributed by atoms with van der Waals surface area (Å²) in [5.41, 5.74) is 6.57. The molecule has 2 aromatic heterocycles. The SMILES string of the molecule is Nc1cccc2nnc(C3CCCS(=O)(=O)C3)n12. The van der Waals surface area contributed by atoms with Crippen molar-refractivity contribution in [3.8, 4) is 0 Å². The number of hydrogen-bond acceptors (Lipinski definition) is 5. The van der Waals surface area contributed by atoms with Crippen molar-refractivity contribution in [2.24, 2.45) is 0 Å². The van der Waals surface area contributed by atoms with Crippen molar-refractivity contribution in [3.05, 3.63) is 24.0 Å². The molecule has 18 heavy (non-hydrogen) atoms. The van der Waals surface area contributed by atoms with Gasteiger partial charge in [0.15, 0.2) is 15.5 Å². The van der Waals surface area contributed by atoms with Crippen LogP contribution in [0.1, 0.15) is 24.6 Å². The molecule has 0 spiro atoms. The predicted octanol–water partition coefficient (Wildman–Crippen LogP) is 0.604. The van der Waals surface area contributed by atoms with E-state index in [-0.39, 0.29) is 17.4 Å². The third-order valence-electron chi connectivity index (χ3n) is 3.31. The maximum absolute atomic E-state index is 11.7. The third kappa shape index (κ3) is 1.84. The van der Waals surface area contributed by atoms with Gasteiger partial charge in [-0.1, -0.05) is 6.07 Å². The topological polar surface area (TPSA) is 90.3 Å². The second-order valence-electron chi connectivity index (χ2n) is 4.66. The van der Waals surface area contributed by atoms with Gasteiger partial charge < -0.3 is 5.73 Å². The molecule has 1 saturated heterocycles. The quantitative estimate of drug-likeness (QED) is 0.816. The maximum Gasteiger partial charge on any atom is 0.162 e. The van der Waals surface area contributed by atoms with Gasteiger partial charge >= 0.3 is 0 Å². The minimum atomic E-state index is -2.96. The number of pyridine rings is 1. The molecule has 0 aromatic carbocycles. The molecule has 0 saturated carbocycles. The van der Waals surface area contributed by atoms with Crippen LogP contribution in [-0.2, 0) is 9.84 Å². The van der Waals surface area contributed by atoms with Gasteiger partial charge in [-0.05, 0) is 25.0 Å². The first-order chi connectivity index (χ1) is 8.57. The summed E-state index contributed by atoms with van der Waals surface area (Å²) in [4.78, 5) is 0. The number of sulfone groups is 1. The molecule has 3 heterocycles. The van der Waals surface area contributed by atoms with Crippen LogP contribution in [0.2, 0.25) is 0 Å². The Bertz CT molecular complexity index is 692. The molecule has 0 aliphatic carbocycles. The van der Waals surface area contributed by atoms with E-state index in [0.717, 1.165) is 6.42 Å². The van der Waals surface area contributed by atoms with Gasteiger partial charge in [0.05, 0.1) is 11.5 Å². The van der Waals surface area contributed by atoms with Crippen LogP contribution in [0.15, 0.2) is 18.2 Å². The summed E-state index contributed by atoms with van der Waals surface area (Å²) in [6.07, 6.45) is 1.49. The summed E-state index contributed by atoms with van der Waals surface area (Å²) < 4.78 is 25.1. The number of fused-ring (bicyclic) bond motifs is 1. The van der Waals surface area contributed by atoms with Gasteiger partial charge in [-0.25, -0.2) is 8.42 Å². The van der Waals surface area contributed by atoms with Crippen molar-refractivity contribution in [1.82, 2.24) is 14.6 Å². The number of nitrogens with zero attached hydrogens (tertiary/aromatic N) is 3. The Morgan fingerprint density at radius 2 is 2.17 bits per heavy atom. The Balaban J connectivity index is 2.09. The van der Waals surface area contributed by atoms with Crippen LogP contribution < -0.4 is 5.73 Å². The van der Waals surface area contributed by atoms with Crippen molar-refractivity contribution in [3.63, 3.8) is 0 Å². The lowest BCUT2D eigenvalue weighted by Gasteiger charge is -2.20. The molecule has 7 heteroatoms. The zero-order chi connectivity index (χ0) is 12.8. The fourth-order valence-corrected chi connectivity index (χ4v) is 4.18. The molecular formula is C11H14N4O2S. The predicted molar refractivity (Wildman–Crippen MR) is 68.0 cm³/mol. The lowest BCUT2D eigenvalue weighted by atomic mass is 10.0. The summed E-state index contributed by atoms with van der Waals surface area (Å²) in [7, 11) is -2.96. The van der Waals surface area contributed by atoms with Crippen molar-refractivity contribution >= 4 is 21.3 Å². The van der Waals surface area contributed by atoms with Crippen LogP contribution >= 0.6 is 0 Å². The zero-order valence-corrected chi connectivity index (χ0v) is 10.6. The van der Waals surface area contributed by atoms with Gasteiger partial charge in [-0.2, -0.15) is 0 Å². The molecule has 1 aliphatic heterocycles. The standard InChI is InChI=1S/C11H14N4O2S/c12-9-4-1-5-10-13-14-11(15(9)10)8-3-2-6-18(16,17)7-8/h1,4-5,8H,2-3,6-7,12H2. The van der Waals surface area contributed by atoms with E-state index in [1.807, 2.05) is 6.07 Å². The molecule has 1 atom stereocenters. The van der Waals surface area contributed by atoms with Crippen LogP contribution in [-0.4, -0.2) is 34.5 Å². The third-order valence-corrected chi connectivity index (χ3v) is 5.13. The smallest absolute Gasteiger partial charge is 0.162 e. The number of nitrogens with two attached hydrogens (primary N) is 1. The number of rotatable bonds is 1. The first kappa shape index (κ1) is 11.5. The summed E-state index contributed by atoms with van der Waals surface area (Å²) in [5, 5.41) is 8.15. The lowest BCUT2D eigenvalue weighted by molar-refractivity contribution is 0.542. The lowest BCUT2D eigenvalue weighted by Crippen LogP contribution is -2.25. The highest BCUT2D eigenvalue weighted by Gasteiger charge is 2.29. The molecule has 2 aromatic rings. The Labute approximate surface area is 105 Å². The van der Waals surface area contributed by atoms with E-state index in [2.05, 4.69) is 10.2 Å². The molecule has 1 fully saturated rings. The zero-order valence-electron chi connectivity index (χ0n) is 9.78. The normalized spacial score (nSPS) is 23.2. The van der Waals surface area contributed by atoms with Gasteiger partial charge in [-0.15, -0.1) is 10.2 Å². The average Bonchev–Trinajstić information content (AvgIpc) is 2.73. The molecule has 6 nitrogen and oxygen atoms in total. The van der Waals surface area contributed by atoms with Gasteiger partial charge in [-0.3, -0.25) is 4.40 Å². The second kappa shape index (κ2) is 3.94. The highest BCUT2D eigenvalue weighted by molar-refractivity contribution is 7.91. The molecule has 3 rings (SSSR count). The monoisotopic (exact) mass is 266 g/mol. The molecule has 1 aliphatic rings. The average molecular weight is 266 g/mol.